The van der Waals surface area contributed by atoms with Crippen molar-refractivity contribution < 1.29 is 14.7 Å². The minimum absolute atomic E-state index is 0.225. The van der Waals surface area contributed by atoms with Gasteiger partial charge < -0.3 is 5.11 Å². The van der Waals surface area contributed by atoms with Crippen LogP contribution in [-0.4, -0.2) is 32.3 Å². The Morgan fingerprint density at radius 1 is 1.24 bits per heavy atom. The highest BCUT2D eigenvalue weighted by Gasteiger charge is 2.46. The first-order valence-electron chi connectivity index (χ1n) is 7.69. The zero-order valence-electron chi connectivity index (χ0n) is 12.9. The summed E-state index contributed by atoms with van der Waals surface area (Å²) in [7, 11) is 0. The maximum Gasteiger partial charge on any atom is 0.305 e. The molecule has 5 nitrogen and oxygen atoms in total. The van der Waals surface area contributed by atoms with Gasteiger partial charge in [0.15, 0.2) is 5.17 Å². The van der Waals surface area contributed by atoms with Crippen LogP contribution < -0.4 is 0 Å². The van der Waals surface area contributed by atoms with Crippen molar-refractivity contribution >= 4 is 46.1 Å². The molecule has 0 unspecified atom stereocenters. The molecule has 2 aromatic carbocycles. The SMILES string of the molecule is O=C(O)C[C@@H]1SC2=Nc3ccc(Cl)cc3[C@@H](c3ccccc3)N2C1=O. The maximum atomic E-state index is 12.9. The summed E-state index contributed by atoms with van der Waals surface area (Å²) in [6, 6.07) is 14.7. The van der Waals surface area contributed by atoms with Gasteiger partial charge in [-0.15, -0.1) is 0 Å². The van der Waals surface area contributed by atoms with Crippen LogP contribution in [0.3, 0.4) is 0 Å². The quantitative estimate of drug-likeness (QED) is 0.888. The smallest absolute Gasteiger partial charge is 0.305 e. The first-order valence-corrected chi connectivity index (χ1v) is 8.95. The summed E-state index contributed by atoms with van der Waals surface area (Å²) in [5, 5.41) is 9.53. The number of aliphatic imine (C=N–C) groups is 1. The van der Waals surface area contributed by atoms with Crippen molar-refractivity contribution in [3.63, 3.8) is 0 Å². The Balaban J connectivity index is 1.85. The number of hydrogen-bond acceptors (Lipinski definition) is 4. The Labute approximate surface area is 153 Å². The van der Waals surface area contributed by atoms with E-state index in [0.29, 0.717) is 10.2 Å². The molecule has 0 bridgehead atoms. The molecule has 7 heteroatoms. The largest absolute Gasteiger partial charge is 0.481 e. The van der Waals surface area contributed by atoms with Crippen LogP contribution in [0.5, 0.6) is 0 Å². The minimum atomic E-state index is -0.997. The van der Waals surface area contributed by atoms with Gasteiger partial charge in [0.25, 0.3) is 0 Å². The first kappa shape index (κ1) is 16.2. The molecule has 0 aliphatic carbocycles. The van der Waals surface area contributed by atoms with Gasteiger partial charge in [-0.05, 0) is 23.8 Å². The van der Waals surface area contributed by atoms with Gasteiger partial charge in [0.05, 0.1) is 18.2 Å². The molecule has 2 aliphatic rings. The summed E-state index contributed by atoms with van der Waals surface area (Å²) in [6.45, 7) is 0. The number of carboxylic acid groups (broad SMARTS) is 1. The summed E-state index contributed by atoms with van der Waals surface area (Å²) < 4.78 is 0. The highest BCUT2D eigenvalue weighted by atomic mass is 35.5. The molecule has 1 N–H and O–H groups in total. The fourth-order valence-electron chi connectivity index (χ4n) is 3.14. The predicted octanol–water partition coefficient (Wildman–Crippen LogP) is 3.85. The van der Waals surface area contributed by atoms with Gasteiger partial charge in [0.1, 0.15) is 5.25 Å². The molecule has 0 radical (unpaired) electrons. The van der Waals surface area contributed by atoms with E-state index in [1.54, 1.807) is 11.0 Å². The summed E-state index contributed by atoms with van der Waals surface area (Å²) in [5.41, 5.74) is 2.52. The van der Waals surface area contributed by atoms with Crippen LogP contribution in [-0.2, 0) is 9.59 Å². The standard InChI is InChI=1S/C18H13ClN2O3S/c19-11-6-7-13-12(8-11)16(10-4-2-1-3-5-10)21-17(24)14(9-15(22)23)25-18(21)20-13/h1-8,14,16H,9H2,(H,22,23)/t14-,16+/m0/s1. The van der Waals surface area contributed by atoms with Gasteiger partial charge in [-0.25, -0.2) is 4.99 Å². The number of rotatable bonds is 3. The first-order chi connectivity index (χ1) is 12.0. The van der Waals surface area contributed by atoms with Crippen molar-refractivity contribution in [1.82, 2.24) is 4.90 Å². The van der Waals surface area contributed by atoms with E-state index < -0.39 is 11.2 Å². The van der Waals surface area contributed by atoms with Gasteiger partial charge in [-0.2, -0.15) is 0 Å². The summed E-state index contributed by atoms with van der Waals surface area (Å²) in [6.07, 6.45) is -0.225. The number of thioether (sulfide) groups is 1. The van der Waals surface area contributed by atoms with Crippen LogP contribution in [0.1, 0.15) is 23.6 Å². The fraction of sp³-hybridized carbons (Fsp3) is 0.167. The monoisotopic (exact) mass is 372 g/mol. The number of carbonyl (C=O) groups excluding carboxylic acids is 1. The lowest BCUT2D eigenvalue weighted by Gasteiger charge is -2.32. The van der Waals surface area contributed by atoms with Crippen LogP contribution in [0.25, 0.3) is 0 Å². The Morgan fingerprint density at radius 2 is 2.00 bits per heavy atom. The molecule has 1 amide bonds. The molecule has 1 fully saturated rings. The molecule has 2 atom stereocenters. The molecular weight excluding hydrogens is 360 g/mol. The van der Waals surface area contributed by atoms with E-state index in [4.69, 9.17) is 16.7 Å². The van der Waals surface area contributed by atoms with E-state index in [1.807, 2.05) is 42.5 Å². The average molecular weight is 373 g/mol. The Kier molecular flexibility index (Phi) is 4.01. The number of halogens is 1. The zero-order chi connectivity index (χ0) is 17.6. The van der Waals surface area contributed by atoms with Crippen LogP contribution in [0.15, 0.2) is 53.5 Å². The van der Waals surface area contributed by atoms with Crippen molar-refractivity contribution in [2.45, 2.75) is 17.7 Å². The lowest BCUT2D eigenvalue weighted by molar-refractivity contribution is -0.139. The van der Waals surface area contributed by atoms with Crippen molar-refractivity contribution in [2.24, 2.45) is 4.99 Å². The van der Waals surface area contributed by atoms with E-state index in [9.17, 15) is 9.59 Å². The van der Waals surface area contributed by atoms with Crippen LogP contribution >= 0.6 is 23.4 Å². The third-order valence-electron chi connectivity index (χ3n) is 4.20. The molecule has 2 aromatic rings. The number of carboxylic acids is 1. The Bertz CT molecular complexity index is 900. The average Bonchev–Trinajstić information content (AvgIpc) is 2.89. The van der Waals surface area contributed by atoms with Gasteiger partial charge in [0.2, 0.25) is 5.91 Å². The second-order valence-electron chi connectivity index (χ2n) is 5.82. The van der Waals surface area contributed by atoms with Gasteiger partial charge in [0, 0.05) is 10.6 Å². The molecule has 25 heavy (non-hydrogen) atoms. The number of amidine groups is 1. The van der Waals surface area contributed by atoms with Crippen LogP contribution in [0.4, 0.5) is 5.69 Å². The molecule has 0 aromatic heterocycles. The Morgan fingerprint density at radius 3 is 2.72 bits per heavy atom. The fourth-order valence-corrected chi connectivity index (χ4v) is 4.48. The topological polar surface area (TPSA) is 70.0 Å². The number of fused-ring (bicyclic) bond motifs is 2. The summed E-state index contributed by atoms with van der Waals surface area (Å²) >= 11 is 7.38. The molecule has 2 heterocycles. The van der Waals surface area contributed by atoms with E-state index in [-0.39, 0.29) is 18.4 Å². The normalized spacial score (nSPS) is 21.6. The molecule has 4 rings (SSSR count). The van der Waals surface area contributed by atoms with E-state index in [0.717, 1.165) is 16.8 Å². The predicted molar refractivity (Wildman–Crippen MR) is 97.3 cm³/mol. The number of aliphatic carboxylic acids is 1. The number of nitrogens with zero attached hydrogens (tertiary/aromatic N) is 2. The summed E-state index contributed by atoms with van der Waals surface area (Å²) in [5.74, 6) is -1.23. The third kappa shape index (κ3) is 2.81. The highest BCUT2D eigenvalue weighted by molar-refractivity contribution is 8.15. The van der Waals surface area contributed by atoms with E-state index >= 15 is 0 Å². The second-order valence-corrected chi connectivity index (χ2v) is 7.43. The maximum absolute atomic E-state index is 12.9. The van der Waals surface area contributed by atoms with Crippen LogP contribution in [0, 0.1) is 0 Å². The lowest BCUT2D eigenvalue weighted by atomic mass is 9.94. The van der Waals surface area contributed by atoms with Crippen molar-refractivity contribution in [3.05, 3.63) is 64.7 Å². The Hall–Kier alpha value is -2.31. The zero-order valence-corrected chi connectivity index (χ0v) is 14.5. The second kappa shape index (κ2) is 6.20. The minimum Gasteiger partial charge on any atom is -0.481 e. The number of hydrogen-bond donors (Lipinski definition) is 1. The number of amides is 1. The van der Waals surface area contributed by atoms with Crippen LogP contribution in [0.2, 0.25) is 5.02 Å². The third-order valence-corrected chi connectivity index (χ3v) is 5.59. The van der Waals surface area contributed by atoms with E-state index in [1.165, 1.54) is 11.8 Å². The van der Waals surface area contributed by atoms with Gasteiger partial charge in [-0.1, -0.05) is 53.7 Å². The highest BCUT2D eigenvalue weighted by Crippen LogP contribution is 2.46. The molecule has 126 valence electrons. The molecular formula is C18H13ClN2O3S. The molecule has 0 saturated carbocycles. The van der Waals surface area contributed by atoms with Gasteiger partial charge >= 0.3 is 5.97 Å². The van der Waals surface area contributed by atoms with Crippen molar-refractivity contribution in [2.75, 3.05) is 0 Å². The molecule has 2 aliphatic heterocycles. The molecule has 1 saturated heterocycles. The van der Waals surface area contributed by atoms with Crippen molar-refractivity contribution in [3.8, 4) is 0 Å². The molecule has 0 spiro atoms. The summed E-state index contributed by atoms with van der Waals surface area (Å²) in [4.78, 5) is 30.1. The number of carbonyl (C=O) groups is 2. The lowest BCUT2D eigenvalue weighted by Crippen LogP contribution is -2.38. The van der Waals surface area contributed by atoms with Gasteiger partial charge in [-0.3, -0.25) is 14.5 Å². The number of benzene rings is 2. The van der Waals surface area contributed by atoms with E-state index in [2.05, 4.69) is 4.99 Å². The van der Waals surface area contributed by atoms with Crippen molar-refractivity contribution in [1.29, 1.82) is 0 Å².